The number of urea groups is 1. The Bertz CT molecular complexity index is 271. The number of amides is 2. The number of carboxylic acid groups (broad SMARTS) is 1. The maximum atomic E-state index is 11.6. The number of hydrogen-bond donors (Lipinski definition) is 3. The Labute approximate surface area is 114 Å². The highest BCUT2D eigenvalue weighted by molar-refractivity contribution is 5.82. The molecule has 0 fully saturated rings. The Kier molecular flexibility index (Phi) is 9.88. The van der Waals surface area contributed by atoms with Crippen LogP contribution in [0.3, 0.4) is 0 Å². The number of hydrogen-bond acceptors (Lipinski definition) is 3. The first-order valence-electron chi connectivity index (χ1n) is 6.80. The Morgan fingerprint density at radius 3 is 2.42 bits per heavy atom. The molecule has 2 amide bonds. The lowest BCUT2D eigenvalue weighted by Gasteiger charge is -2.18. The Morgan fingerprint density at radius 1 is 1.21 bits per heavy atom. The van der Waals surface area contributed by atoms with Crippen molar-refractivity contribution in [3.8, 4) is 0 Å². The van der Waals surface area contributed by atoms with E-state index in [-0.39, 0.29) is 6.04 Å². The molecule has 3 N–H and O–H groups in total. The van der Waals surface area contributed by atoms with Crippen molar-refractivity contribution in [1.82, 2.24) is 10.6 Å². The van der Waals surface area contributed by atoms with Gasteiger partial charge in [0.05, 0.1) is 0 Å². The fourth-order valence-electron chi connectivity index (χ4n) is 1.70. The maximum absolute atomic E-state index is 11.6. The summed E-state index contributed by atoms with van der Waals surface area (Å²) >= 11 is 0. The van der Waals surface area contributed by atoms with Gasteiger partial charge in [-0.2, -0.15) is 0 Å². The standard InChI is InChI=1S/C13H26N2O4/c1-4-5-7-10(2)14-13(18)15-11(12(16)17)8-6-9-19-3/h10-11H,4-9H2,1-3H3,(H,16,17)(H2,14,15,18). The van der Waals surface area contributed by atoms with E-state index in [0.717, 1.165) is 19.3 Å². The van der Waals surface area contributed by atoms with Crippen molar-refractivity contribution >= 4 is 12.0 Å². The van der Waals surface area contributed by atoms with Crippen LogP contribution in [0.1, 0.15) is 46.0 Å². The van der Waals surface area contributed by atoms with Crippen molar-refractivity contribution in [3.63, 3.8) is 0 Å². The number of carbonyl (C=O) groups is 2. The van der Waals surface area contributed by atoms with Crippen LogP contribution in [0.4, 0.5) is 4.79 Å². The van der Waals surface area contributed by atoms with Gasteiger partial charge in [0.25, 0.3) is 0 Å². The van der Waals surface area contributed by atoms with Gasteiger partial charge in [-0.15, -0.1) is 0 Å². The third-order valence-corrected chi connectivity index (χ3v) is 2.81. The molecule has 0 heterocycles. The molecule has 2 atom stereocenters. The van der Waals surface area contributed by atoms with Gasteiger partial charge in [-0.05, 0) is 26.2 Å². The number of ether oxygens (including phenoxy) is 1. The lowest BCUT2D eigenvalue weighted by molar-refractivity contribution is -0.139. The Morgan fingerprint density at radius 2 is 1.89 bits per heavy atom. The molecule has 112 valence electrons. The molecule has 0 aromatic carbocycles. The minimum absolute atomic E-state index is 0.0494. The highest BCUT2D eigenvalue weighted by atomic mass is 16.5. The molecule has 0 aromatic heterocycles. The summed E-state index contributed by atoms with van der Waals surface area (Å²) in [7, 11) is 1.56. The second kappa shape index (κ2) is 10.6. The highest BCUT2D eigenvalue weighted by Crippen LogP contribution is 2.01. The number of unbranched alkanes of at least 4 members (excludes halogenated alkanes) is 1. The van der Waals surface area contributed by atoms with E-state index in [1.165, 1.54) is 0 Å². The molecule has 6 nitrogen and oxygen atoms in total. The highest BCUT2D eigenvalue weighted by Gasteiger charge is 2.19. The third-order valence-electron chi connectivity index (χ3n) is 2.81. The molecule has 0 radical (unpaired) electrons. The zero-order valence-electron chi connectivity index (χ0n) is 12.1. The number of carboxylic acids is 1. The van der Waals surface area contributed by atoms with Crippen LogP contribution in [-0.4, -0.2) is 42.9 Å². The van der Waals surface area contributed by atoms with Gasteiger partial charge >= 0.3 is 12.0 Å². The predicted molar refractivity (Wildman–Crippen MR) is 73.2 cm³/mol. The zero-order valence-corrected chi connectivity index (χ0v) is 12.1. The molecule has 19 heavy (non-hydrogen) atoms. The van der Waals surface area contributed by atoms with Crippen molar-refractivity contribution in [2.24, 2.45) is 0 Å². The van der Waals surface area contributed by atoms with Crippen molar-refractivity contribution in [1.29, 1.82) is 0 Å². The molecule has 0 aromatic rings. The van der Waals surface area contributed by atoms with Gasteiger partial charge in [-0.3, -0.25) is 0 Å². The number of carbonyl (C=O) groups excluding carboxylic acids is 1. The van der Waals surface area contributed by atoms with Crippen LogP contribution in [0.25, 0.3) is 0 Å². The average Bonchev–Trinajstić information content (AvgIpc) is 2.35. The number of methoxy groups -OCH3 is 1. The summed E-state index contributed by atoms with van der Waals surface area (Å²) in [6.07, 6.45) is 3.96. The molecule has 2 unspecified atom stereocenters. The summed E-state index contributed by atoms with van der Waals surface area (Å²) in [5.41, 5.74) is 0. The van der Waals surface area contributed by atoms with Crippen LogP contribution in [0.5, 0.6) is 0 Å². The van der Waals surface area contributed by atoms with Gasteiger partial charge in [0, 0.05) is 19.8 Å². The van der Waals surface area contributed by atoms with Crippen molar-refractivity contribution in [2.45, 2.75) is 58.0 Å². The second-order valence-corrected chi connectivity index (χ2v) is 4.69. The van der Waals surface area contributed by atoms with E-state index in [1.807, 2.05) is 6.92 Å². The third kappa shape index (κ3) is 9.30. The Hall–Kier alpha value is -1.30. The molecule has 0 rings (SSSR count). The molecule has 6 heteroatoms. The van der Waals surface area contributed by atoms with E-state index in [1.54, 1.807) is 7.11 Å². The molecule has 0 spiro atoms. The molecule has 0 aliphatic carbocycles. The summed E-state index contributed by atoms with van der Waals surface area (Å²) in [5, 5.41) is 14.2. The van der Waals surface area contributed by atoms with Crippen LogP contribution in [0.15, 0.2) is 0 Å². The first-order chi connectivity index (χ1) is 9.01. The van der Waals surface area contributed by atoms with E-state index >= 15 is 0 Å². The quantitative estimate of drug-likeness (QED) is 0.530. The SMILES string of the molecule is CCCCC(C)NC(=O)NC(CCCOC)C(=O)O. The van der Waals surface area contributed by atoms with Crippen LogP contribution in [0, 0.1) is 0 Å². The van der Waals surface area contributed by atoms with E-state index < -0.39 is 18.0 Å². The number of rotatable bonds is 10. The van der Waals surface area contributed by atoms with Crippen LogP contribution >= 0.6 is 0 Å². The topological polar surface area (TPSA) is 87.7 Å². The van der Waals surface area contributed by atoms with Crippen LogP contribution in [0.2, 0.25) is 0 Å². The monoisotopic (exact) mass is 274 g/mol. The van der Waals surface area contributed by atoms with Gasteiger partial charge in [0.15, 0.2) is 0 Å². The lowest BCUT2D eigenvalue weighted by Crippen LogP contribution is -2.48. The molecule has 0 aliphatic rings. The predicted octanol–water partition coefficient (Wildman–Crippen LogP) is 1.74. The van der Waals surface area contributed by atoms with E-state index in [4.69, 9.17) is 9.84 Å². The fourth-order valence-corrected chi connectivity index (χ4v) is 1.70. The average molecular weight is 274 g/mol. The van der Waals surface area contributed by atoms with E-state index in [0.29, 0.717) is 19.4 Å². The fraction of sp³-hybridized carbons (Fsp3) is 0.846. The van der Waals surface area contributed by atoms with E-state index in [9.17, 15) is 9.59 Å². The normalized spacial score (nSPS) is 13.6. The van der Waals surface area contributed by atoms with Gasteiger partial charge in [-0.25, -0.2) is 9.59 Å². The van der Waals surface area contributed by atoms with Crippen molar-refractivity contribution in [2.75, 3.05) is 13.7 Å². The van der Waals surface area contributed by atoms with Gasteiger partial charge in [-0.1, -0.05) is 19.8 Å². The zero-order chi connectivity index (χ0) is 14.7. The molecule has 0 aliphatic heterocycles. The van der Waals surface area contributed by atoms with Crippen molar-refractivity contribution < 1.29 is 19.4 Å². The summed E-state index contributed by atoms with van der Waals surface area (Å²) in [5.74, 6) is -1.02. The summed E-state index contributed by atoms with van der Waals surface area (Å²) in [6, 6.07) is -1.24. The molecule has 0 saturated heterocycles. The van der Waals surface area contributed by atoms with Gasteiger partial charge < -0.3 is 20.5 Å². The summed E-state index contributed by atoms with van der Waals surface area (Å²) in [6.45, 7) is 4.49. The Balaban J connectivity index is 4.05. The maximum Gasteiger partial charge on any atom is 0.326 e. The summed E-state index contributed by atoms with van der Waals surface area (Å²) in [4.78, 5) is 22.7. The number of aliphatic carboxylic acids is 1. The van der Waals surface area contributed by atoms with Gasteiger partial charge in [0.2, 0.25) is 0 Å². The first-order valence-corrected chi connectivity index (χ1v) is 6.80. The van der Waals surface area contributed by atoms with Crippen molar-refractivity contribution in [3.05, 3.63) is 0 Å². The molecule has 0 saturated carbocycles. The summed E-state index contributed by atoms with van der Waals surface area (Å²) < 4.78 is 4.86. The second-order valence-electron chi connectivity index (χ2n) is 4.69. The van der Waals surface area contributed by atoms with Gasteiger partial charge in [0.1, 0.15) is 6.04 Å². The molecular formula is C13H26N2O4. The van der Waals surface area contributed by atoms with Crippen LogP contribution in [-0.2, 0) is 9.53 Å². The largest absolute Gasteiger partial charge is 0.480 e. The van der Waals surface area contributed by atoms with E-state index in [2.05, 4.69) is 17.6 Å². The first kappa shape index (κ1) is 17.7. The lowest BCUT2D eigenvalue weighted by atomic mass is 10.1. The minimum atomic E-state index is -1.02. The minimum Gasteiger partial charge on any atom is -0.480 e. The van der Waals surface area contributed by atoms with Crippen LogP contribution < -0.4 is 10.6 Å². The number of nitrogens with one attached hydrogen (secondary N) is 2. The molecule has 0 bridgehead atoms. The molecular weight excluding hydrogens is 248 g/mol. The smallest absolute Gasteiger partial charge is 0.326 e.